The fraction of sp³-hybridized carbons (Fsp3) is 0.462. The zero-order valence-electron chi connectivity index (χ0n) is 10.6. The van der Waals surface area contributed by atoms with Gasteiger partial charge in [0.2, 0.25) is 0 Å². The van der Waals surface area contributed by atoms with Crippen molar-refractivity contribution in [2.24, 2.45) is 0 Å². The molecule has 1 aromatic carbocycles. The minimum atomic E-state index is -1.05. The number of β-amino-alcohol motifs (C(OH)–C–C–N with tert-alkyl or cyclic N) is 1. The first-order valence-corrected chi connectivity index (χ1v) is 6.09. The Morgan fingerprint density at radius 1 is 1.53 bits per heavy atom. The van der Waals surface area contributed by atoms with Gasteiger partial charge < -0.3 is 15.7 Å². The van der Waals surface area contributed by atoms with Crippen molar-refractivity contribution in [1.82, 2.24) is 10.6 Å². The van der Waals surface area contributed by atoms with Crippen LogP contribution in [0.3, 0.4) is 0 Å². The van der Waals surface area contributed by atoms with Gasteiger partial charge >= 0.3 is 0 Å². The lowest BCUT2D eigenvalue weighted by molar-refractivity contribution is 0.0559. The zero-order chi connectivity index (χ0) is 14.0. The van der Waals surface area contributed by atoms with Crippen LogP contribution in [0.5, 0.6) is 0 Å². The van der Waals surface area contributed by atoms with E-state index in [1.54, 1.807) is 0 Å². The first-order chi connectivity index (χ1) is 8.93. The van der Waals surface area contributed by atoms with Gasteiger partial charge in [-0.05, 0) is 31.5 Å². The summed E-state index contributed by atoms with van der Waals surface area (Å²) >= 11 is 0. The summed E-state index contributed by atoms with van der Waals surface area (Å²) in [5, 5.41) is 15.4. The van der Waals surface area contributed by atoms with E-state index in [4.69, 9.17) is 0 Å². The van der Waals surface area contributed by atoms with Gasteiger partial charge in [0, 0.05) is 13.1 Å². The van der Waals surface area contributed by atoms with Crippen LogP contribution in [0.25, 0.3) is 0 Å². The van der Waals surface area contributed by atoms with Crippen molar-refractivity contribution >= 4 is 5.91 Å². The van der Waals surface area contributed by atoms with E-state index in [2.05, 4.69) is 10.6 Å². The van der Waals surface area contributed by atoms with E-state index >= 15 is 0 Å². The van der Waals surface area contributed by atoms with Crippen molar-refractivity contribution in [3.8, 4) is 0 Å². The molecule has 0 aliphatic carbocycles. The third kappa shape index (κ3) is 2.90. The second kappa shape index (κ2) is 5.22. The molecule has 0 saturated carbocycles. The van der Waals surface area contributed by atoms with E-state index in [1.807, 2.05) is 0 Å². The quantitative estimate of drug-likeness (QED) is 0.758. The molecular formula is C13H16F2N2O2. The highest BCUT2D eigenvalue weighted by molar-refractivity contribution is 5.95. The zero-order valence-corrected chi connectivity index (χ0v) is 10.6. The monoisotopic (exact) mass is 270 g/mol. The summed E-state index contributed by atoms with van der Waals surface area (Å²) in [6, 6.07) is 2.33. The number of nitrogens with one attached hydrogen (secondary N) is 2. The summed E-state index contributed by atoms with van der Waals surface area (Å²) in [6.45, 7) is 2.43. The molecule has 1 heterocycles. The fourth-order valence-corrected chi connectivity index (χ4v) is 2.08. The Hall–Kier alpha value is -1.53. The summed E-state index contributed by atoms with van der Waals surface area (Å²) < 4.78 is 27.2. The normalized spacial score (nSPS) is 22.5. The number of aryl methyl sites for hydroxylation is 1. The lowest BCUT2D eigenvalue weighted by Gasteiger charge is -2.21. The van der Waals surface area contributed by atoms with Gasteiger partial charge in [0.25, 0.3) is 5.91 Å². The fourth-order valence-electron chi connectivity index (χ4n) is 2.08. The van der Waals surface area contributed by atoms with Crippen LogP contribution >= 0.6 is 0 Å². The van der Waals surface area contributed by atoms with Gasteiger partial charge in [-0.25, -0.2) is 8.78 Å². The van der Waals surface area contributed by atoms with E-state index in [0.717, 1.165) is 6.07 Å². The summed E-state index contributed by atoms with van der Waals surface area (Å²) in [6.07, 6.45) is 0.492. The molecule has 1 fully saturated rings. The van der Waals surface area contributed by atoms with Gasteiger partial charge in [-0.3, -0.25) is 4.79 Å². The Morgan fingerprint density at radius 2 is 2.26 bits per heavy atom. The minimum absolute atomic E-state index is 0.0361. The lowest BCUT2D eigenvalue weighted by atomic mass is 10.0. The average Bonchev–Trinajstić information content (AvgIpc) is 2.80. The van der Waals surface area contributed by atoms with E-state index in [9.17, 15) is 18.7 Å². The molecule has 0 radical (unpaired) electrons. The van der Waals surface area contributed by atoms with Gasteiger partial charge in [-0.15, -0.1) is 0 Å². The molecule has 1 unspecified atom stereocenters. The van der Waals surface area contributed by atoms with E-state index in [-0.39, 0.29) is 12.1 Å². The lowest BCUT2D eigenvalue weighted by Crippen LogP contribution is -2.44. The molecule has 0 bridgehead atoms. The Labute approximate surface area is 109 Å². The maximum absolute atomic E-state index is 13.7. The van der Waals surface area contributed by atoms with Crippen LogP contribution < -0.4 is 10.6 Å². The average molecular weight is 270 g/mol. The molecule has 1 aliphatic rings. The van der Waals surface area contributed by atoms with Crippen LogP contribution in [0, 0.1) is 18.6 Å². The molecule has 1 atom stereocenters. The van der Waals surface area contributed by atoms with Crippen molar-refractivity contribution in [3.63, 3.8) is 0 Å². The van der Waals surface area contributed by atoms with Crippen molar-refractivity contribution in [2.45, 2.75) is 18.9 Å². The number of hydrogen-bond donors (Lipinski definition) is 3. The number of amides is 1. The Kier molecular flexibility index (Phi) is 3.82. The third-order valence-electron chi connectivity index (χ3n) is 3.31. The van der Waals surface area contributed by atoms with Crippen molar-refractivity contribution in [1.29, 1.82) is 0 Å². The second-order valence-corrected chi connectivity index (χ2v) is 4.89. The number of rotatable bonds is 3. The highest BCUT2D eigenvalue weighted by Crippen LogP contribution is 2.17. The molecule has 6 heteroatoms. The molecule has 1 aromatic rings. The summed E-state index contributed by atoms with van der Waals surface area (Å²) in [7, 11) is 0. The molecule has 0 aromatic heterocycles. The molecule has 0 spiro atoms. The van der Waals surface area contributed by atoms with Crippen LogP contribution in [0.2, 0.25) is 0 Å². The number of aliphatic hydroxyl groups is 1. The number of halogens is 2. The Morgan fingerprint density at radius 3 is 2.89 bits per heavy atom. The molecule has 3 N–H and O–H groups in total. The first-order valence-electron chi connectivity index (χ1n) is 6.09. The summed E-state index contributed by atoms with van der Waals surface area (Å²) in [5.41, 5.74) is -1.45. The number of benzene rings is 1. The van der Waals surface area contributed by atoms with Gasteiger partial charge in [0.05, 0.1) is 5.60 Å². The molecule has 19 heavy (non-hydrogen) atoms. The minimum Gasteiger partial charge on any atom is -0.387 e. The number of hydrogen-bond acceptors (Lipinski definition) is 3. The standard InChI is InChI=1S/C13H16F2N2O2/c1-8-2-3-9(14)10(11(8)15)12(18)17-7-13(19)4-5-16-6-13/h2-3,16,19H,4-7H2,1H3,(H,17,18). The predicted octanol–water partition coefficient (Wildman–Crippen LogP) is 0.727. The smallest absolute Gasteiger partial charge is 0.257 e. The highest BCUT2D eigenvalue weighted by atomic mass is 19.1. The van der Waals surface area contributed by atoms with Gasteiger partial charge in [0.15, 0.2) is 0 Å². The number of carbonyl (C=O) groups excluding carboxylic acids is 1. The van der Waals surface area contributed by atoms with Gasteiger partial charge in [0.1, 0.15) is 17.2 Å². The molecule has 1 saturated heterocycles. The maximum atomic E-state index is 13.7. The predicted molar refractivity (Wildman–Crippen MR) is 65.9 cm³/mol. The van der Waals surface area contributed by atoms with E-state index < -0.39 is 28.7 Å². The van der Waals surface area contributed by atoms with Crippen molar-refractivity contribution in [3.05, 3.63) is 34.9 Å². The largest absolute Gasteiger partial charge is 0.387 e. The van der Waals surface area contributed by atoms with Crippen molar-refractivity contribution < 1.29 is 18.7 Å². The molecule has 1 amide bonds. The highest BCUT2D eigenvalue weighted by Gasteiger charge is 2.32. The molecule has 1 aliphatic heterocycles. The van der Waals surface area contributed by atoms with E-state index in [0.29, 0.717) is 19.5 Å². The molecular weight excluding hydrogens is 254 g/mol. The van der Waals surface area contributed by atoms with E-state index in [1.165, 1.54) is 13.0 Å². The van der Waals surface area contributed by atoms with Crippen LogP contribution in [0.15, 0.2) is 12.1 Å². The SMILES string of the molecule is Cc1ccc(F)c(C(=O)NCC2(O)CCNC2)c1F. The summed E-state index contributed by atoms with van der Waals surface area (Å²) in [5.74, 6) is -2.62. The molecule has 104 valence electrons. The van der Waals surface area contributed by atoms with Gasteiger partial charge in [-0.2, -0.15) is 0 Å². The topological polar surface area (TPSA) is 61.4 Å². The van der Waals surface area contributed by atoms with Gasteiger partial charge in [-0.1, -0.05) is 6.07 Å². The number of carbonyl (C=O) groups is 1. The van der Waals surface area contributed by atoms with Crippen LogP contribution in [-0.4, -0.2) is 36.2 Å². The van der Waals surface area contributed by atoms with Crippen molar-refractivity contribution in [2.75, 3.05) is 19.6 Å². The van der Waals surface area contributed by atoms with Crippen LogP contribution in [-0.2, 0) is 0 Å². The first kappa shape index (κ1) is 13.9. The maximum Gasteiger partial charge on any atom is 0.257 e. The van der Waals surface area contributed by atoms with Crippen LogP contribution in [0.4, 0.5) is 8.78 Å². The second-order valence-electron chi connectivity index (χ2n) is 4.89. The molecule has 4 nitrogen and oxygen atoms in total. The summed E-state index contributed by atoms with van der Waals surface area (Å²) in [4.78, 5) is 11.8. The van der Waals surface area contributed by atoms with Crippen LogP contribution in [0.1, 0.15) is 22.3 Å². The molecule has 2 rings (SSSR count). The third-order valence-corrected chi connectivity index (χ3v) is 3.31. The Bertz CT molecular complexity index is 500. The Balaban J connectivity index is 2.10.